The molecule has 0 aromatic heterocycles. The Kier molecular flexibility index (Phi) is 3.23. The van der Waals surface area contributed by atoms with E-state index >= 15 is 0 Å². The van der Waals surface area contributed by atoms with Crippen LogP contribution >= 0.6 is 0 Å². The lowest BCUT2D eigenvalue weighted by atomic mass is 9.76. The fourth-order valence-corrected chi connectivity index (χ4v) is 2.83. The third-order valence-corrected chi connectivity index (χ3v) is 3.62. The highest BCUT2D eigenvalue weighted by Gasteiger charge is 2.28. The van der Waals surface area contributed by atoms with E-state index in [2.05, 4.69) is 0 Å². The molecule has 1 heterocycles. The van der Waals surface area contributed by atoms with Crippen LogP contribution in [0.2, 0.25) is 0 Å². The Bertz CT molecular complexity index is 152. The first kappa shape index (κ1) is 9.47. The lowest BCUT2D eigenvalue weighted by Crippen LogP contribution is -2.30. The molecule has 2 rings (SSSR count). The van der Waals surface area contributed by atoms with Crippen LogP contribution in [0, 0.1) is 11.8 Å². The van der Waals surface area contributed by atoms with Crippen molar-refractivity contribution < 1.29 is 9.84 Å². The molecule has 1 N–H and O–H groups in total. The van der Waals surface area contributed by atoms with Crippen LogP contribution in [0.25, 0.3) is 0 Å². The number of hydrogen-bond acceptors (Lipinski definition) is 2. The Balaban J connectivity index is 1.83. The van der Waals surface area contributed by atoms with E-state index in [1.165, 1.54) is 38.5 Å². The molecular weight excluding hydrogens is 164 g/mol. The molecule has 1 saturated heterocycles. The molecule has 0 spiro atoms. The lowest BCUT2D eigenvalue weighted by Gasteiger charge is -2.34. The first-order valence-electron chi connectivity index (χ1n) is 5.66. The minimum atomic E-state index is -0.472. The molecule has 0 bridgehead atoms. The van der Waals surface area contributed by atoms with Gasteiger partial charge in [-0.3, -0.25) is 0 Å². The van der Waals surface area contributed by atoms with E-state index in [1.807, 2.05) is 0 Å². The van der Waals surface area contributed by atoms with Gasteiger partial charge in [-0.05, 0) is 18.3 Å². The summed E-state index contributed by atoms with van der Waals surface area (Å²) in [6.07, 6.45) is 8.57. The third kappa shape index (κ3) is 2.44. The highest BCUT2D eigenvalue weighted by molar-refractivity contribution is 4.76. The fraction of sp³-hybridized carbons (Fsp3) is 1.00. The summed E-state index contributed by atoms with van der Waals surface area (Å²) >= 11 is 0. The average molecular weight is 184 g/mol. The molecule has 1 saturated carbocycles. The summed E-state index contributed by atoms with van der Waals surface area (Å²) in [4.78, 5) is 0. The van der Waals surface area contributed by atoms with Crippen molar-refractivity contribution in [1.82, 2.24) is 0 Å². The van der Waals surface area contributed by atoms with Crippen LogP contribution in [0.4, 0.5) is 0 Å². The molecule has 2 aliphatic rings. The van der Waals surface area contributed by atoms with E-state index in [9.17, 15) is 5.11 Å². The van der Waals surface area contributed by atoms with Crippen molar-refractivity contribution in [2.45, 2.75) is 51.2 Å². The van der Waals surface area contributed by atoms with Crippen molar-refractivity contribution in [2.24, 2.45) is 11.8 Å². The molecule has 1 aliphatic carbocycles. The summed E-state index contributed by atoms with van der Waals surface area (Å²) < 4.78 is 5.15. The molecular formula is C11H20O2. The minimum Gasteiger partial charge on any atom is -0.368 e. The lowest BCUT2D eigenvalue weighted by molar-refractivity contribution is -0.146. The summed E-state index contributed by atoms with van der Waals surface area (Å²) in [5.74, 6) is 1.62. The number of aliphatic hydroxyl groups is 1. The Labute approximate surface area is 80.3 Å². The highest BCUT2D eigenvalue weighted by Crippen LogP contribution is 2.36. The van der Waals surface area contributed by atoms with Crippen molar-refractivity contribution in [3.8, 4) is 0 Å². The first-order valence-corrected chi connectivity index (χ1v) is 5.66. The van der Waals surface area contributed by atoms with Crippen molar-refractivity contribution >= 4 is 0 Å². The van der Waals surface area contributed by atoms with E-state index in [1.54, 1.807) is 0 Å². The van der Waals surface area contributed by atoms with Crippen LogP contribution in [0.15, 0.2) is 0 Å². The fourth-order valence-electron chi connectivity index (χ4n) is 2.83. The Morgan fingerprint density at radius 1 is 0.923 bits per heavy atom. The van der Waals surface area contributed by atoms with Gasteiger partial charge in [-0.15, -0.1) is 0 Å². The summed E-state index contributed by atoms with van der Waals surface area (Å²) in [5, 5.41) is 9.39. The summed E-state index contributed by atoms with van der Waals surface area (Å²) in [6.45, 7) is 0.766. The first-order chi connectivity index (χ1) is 6.36. The predicted molar refractivity (Wildman–Crippen MR) is 51.3 cm³/mol. The van der Waals surface area contributed by atoms with Gasteiger partial charge in [-0.1, -0.05) is 32.1 Å². The smallest absolute Gasteiger partial charge is 0.154 e. The standard InChI is InChI=1S/C11H20O2/c12-11-8-10(6-7-13-11)9-4-2-1-3-5-9/h9-12H,1-8H2. The average Bonchev–Trinajstić information content (AvgIpc) is 2.19. The van der Waals surface area contributed by atoms with Gasteiger partial charge in [0.1, 0.15) is 0 Å². The minimum absolute atomic E-state index is 0.472. The van der Waals surface area contributed by atoms with Gasteiger partial charge in [0.2, 0.25) is 0 Å². The largest absolute Gasteiger partial charge is 0.368 e. The van der Waals surface area contributed by atoms with Gasteiger partial charge in [-0.25, -0.2) is 0 Å². The third-order valence-electron chi connectivity index (χ3n) is 3.62. The van der Waals surface area contributed by atoms with Gasteiger partial charge in [0.05, 0.1) is 0 Å². The van der Waals surface area contributed by atoms with E-state index in [0.29, 0.717) is 0 Å². The maximum atomic E-state index is 9.39. The van der Waals surface area contributed by atoms with Gasteiger partial charge in [0, 0.05) is 13.0 Å². The second-order valence-corrected chi connectivity index (χ2v) is 4.51. The zero-order valence-corrected chi connectivity index (χ0v) is 8.24. The number of ether oxygens (including phenoxy) is 1. The van der Waals surface area contributed by atoms with Crippen molar-refractivity contribution in [3.05, 3.63) is 0 Å². The Morgan fingerprint density at radius 2 is 1.69 bits per heavy atom. The summed E-state index contributed by atoms with van der Waals surface area (Å²) in [7, 11) is 0. The van der Waals surface area contributed by atoms with E-state index < -0.39 is 6.29 Å². The number of aliphatic hydroxyl groups excluding tert-OH is 1. The molecule has 0 amide bonds. The molecule has 2 unspecified atom stereocenters. The maximum Gasteiger partial charge on any atom is 0.154 e. The van der Waals surface area contributed by atoms with Gasteiger partial charge in [-0.2, -0.15) is 0 Å². The molecule has 2 heteroatoms. The second kappa shape index (κ2) is 4.43. The maximum absolute atomic E-state index is 9.39. The van der Waals surface area contributed by atoms with Crippen molar-refractivity contribution in [1.29, 1.82) is 0 Å². The molecule has 2 nitrogen and oxygen atoms in total. The molecule has 0 aromatic rings. The zero-order valence-electron chi connectivity index (χ0n) is 8.24. The van der Waals surface area contributed by atoms with Crippen LogP contribution in [-0.4, -0.2) is 18.0 Å². The Hall–Kier alpha value is -0.0800. The summed E-state index contributed by atoms with van der Waals surface area (Å²) in [5.41, 5.74) is 0. The van der Waals surface area contributed by atoms with Crippen LogP contribution in [0.5, 0.6) is 0 Å². The number of hydrogen-bond donors (Lipinski definition) is 1. The van der Waals surface area contributed by atoms with Crippen molar-refractivity contribution in [3.63, 3.8) is 0 Å². The monoisotopic (exact) mass is 184 g/mol. The van der Waals surface area contributed by atoms with Crippen molar-refractivity contribution in [2.75, 3.05) is 6.61 Å². The van der Waals surface area contributed by atoms with Gasteiger partial charge >= 0.3 is 0 Å². The topological polar surface area (TPSA) is 29.5 Å². The molecule has 76 valence electrons. The number of rotatable bonds is 1. The van der Waals surface area contributed by atoms with Gasteiger partial charge in [0.15, 0.2) is 6.29 Å². The molecule has 2 fully saturated rings. The molecule has 13 heavy (non-hydrogen) atoms. The summed E-state index contributed by atoms with van der Waals surface area (Å²) in [6, 6.07) is 0. The van der Waals surface area contributed by atoms with Crippen LogP contribution in [0.1, 0.15) is 44.9 Å². The van der Waals surface area contributed by atoms with Gasteiger partial charge < -0.3 is 9.84 Å². The van der Waals surface area contributed by atoms with E-state index in [-0.39, 0.29) is 0 Å². The van der Waals surface area contributed by atoms with E-state index in [4.69, 9.17) is 4.74 Å². The van der Waals surface area contributed by atoms with E-state index in [0.717, 1.165) is 24.9 Å². The van der Waals surface area contributed by atoms with Crippen LogP contribution < -0.4 is 0 Å². The van der Waals surface area contributed by atoms with Gasteiger partial charge in [0.25, 0.3) is 0 Å². The highest BCUT2D eigenvalue weighted by atomic mass is 16.6. The van der Waals surface area contributed by atoms with Crippen LogP contribution in [0.3, 0.4) is 0 Å². The zero-order chi connectivity index (χ0) is 9.10. The second-order valence-electron chi connectivity index (χ2n) is 4.51. The molecule has 1 aliphatic heterocycles. The normalized spacial score (nSPS) is 37.6. The Morgan fingerprint density at radius 3 is 2.38 bits per heavy atom. The van der Waals surface area contributed by atoms with Crippen LogP contribution in [-0.2, 0) is 4.74 Å². The SMILES string of the molecule is OC1CC(C2CCCCC2)CCO1. The molecule has 0 radical (unpaired) electrons. The predicted octanol–water partition coefficient (Wildman–Crippen LogP) is 2.31. The molecule has 0 aromatic carbocycles. The quantitative estimate of drug-likeness (QED) is 0.677. The molecule has 2 atom stereocenters.